The summed E-state index contributed by atoms with van der Waals surface area (Å²) >= 11 is 0. The number of carbonyl (C=O) groups is 2. The van der Waals surface area contributed by atoms with E-state index in [0.29, 0.717) is 12.8 Å². The Balaban J connectivity index is 2.05. The second kappa shape index (κ2) is 4.64. The van der Waals surface area contributed by atoms with Gasteiger partial charge in [0.2, 0.25) is 0 Å². The molecule has 2 aromatic rings. The first-order valence-corrected chi connectivity index (χ1v) is 7.83. The number of hydrogen-bond acceptors (Lipinski definition) is 2. The van der Waals surface area contributed by atoms with Crippen molar-refractivity contribution < 1.29 is 9.59 Å². The summed E-state index contributed by atoms with van der Waals surface area (Å²) in [6.45, 7) is 4.14. The van der Waals surface area contributed by atoms with Gasteiger partial charge in [-0.15, -0.1) is 0 Å². The molecule has 2 nitrogen and oxygen atoms in total. The molecule has 0 spiro atoms. The van der Waals surface area contributed by atoms with E-state index in [0.717, 1.165) is 33.4 Å². The molecule has 4 rings (SSSR count). The van der Waals surface area contributed by atoms with Crippen LogP contribution in [-0.2, 0) is 0 Å². The van der Waals surface area contributed by atoms with Gasteiger partial charge in [-0.1, -0.05) is 36.4 Å². The lowest BCUT2D eigenvalue weighted by Gasteiger charge is -2.39. The molecule has 22 heavy (non-hydrogen) atoms. The maximum Gasteiger partial charge on any atom is 0.163 e. The lowest BCUT2D eigenvalue weighted by Crippen LogP contribution is -2.33. The summed E-state index contributed by atoms with van der Waals surface area (Å²) in [5, 5.41) is 0. The quantitative estimate of drug-likeness (QED) is 0.728. The Morgan fingerprint density at radius 1 is 0.773 bits per heavy atom. The van der Waals surface area contributed by atoms with Crippen LogP contribution in [0.5, 0.6) is 0 Å². The van der Waals surface area contributed by atoms with Crippen LogP contribution in [-0.4, -0.2) is 11.6 Å². The van der Waals surface area contributed by atoms with E-state index in [1.807, 2.05) is 24.3 Å². The van der Waals surface area contributed by atoms with Crippen molar-refractivity contribution >= 4 is 11.6 Å². The molecule has 110 valence electrons. The van der Waals surface area contributed by atoms with Crippen molar-refractivity contribution in [2.75, 3.05) is 0 Å². The van der Waals surface area contributed by atoms with Crippen LogP contribution in [0.3, 0.4) is 0 Å². The number of Topliss-reactive ketones (excluding diaryl/α,β-unsaturated/α-hetero) is 2. The second-order valence-corrected chi connectivity index (χ2v) is 6.56. The molecule has 2 aliphatic carbocycles. The molecule has 0 N–H and O–H groups in total. The van der Waals surface area contributed by atoms with Gasteiger partial charge in [0.15, 0.2) is 11.6 Å². The van der Waals surface area contributed by atoms with E-state index in [2.05, 4.69) is 26.0 Å². The summed E-state index contributed by atoms with van der Waals surface area (Å²) in [5.74, 6) is 0.666. The lowest BCUT2D eigenvalue weighted by molar-refractivity contribution is 0.0884. The number of carbonyl (C=O) groups excluding carboxylic acids is 2. The lowest BCUT2D eigenvalue weighted by atomic mass is 9.63. The molecule has 0 aromatic heterocycles. The van der Waals surface area contributed by atoms with Crippen LogP contribution in [0.2, 0.25) is 0 Å². The first kappa shape index (κ1) is 13.4. The van der Waals surface area contributed by atoms with Gasteiger partial charge in [-0.05, 0) is 42.0 Å². The van der Waals surface area contributed by atoms with Crippen LogP contribution in [0.1, 0.15) is 61.7 Å². The number of hydrogen-bond donors (Lipinski definition) is 0. The molecule has 0 atom stereocenters. The van der Waals surface area contributed by atoms with Crippen LogP contribution in [0.15, 0.2) is 36.4 Å². The number of benzene rings is 2. The molecule has 0 fully saturated rings. The average Bonchev–Trinajstić information content (AvgIpc) is 2.48. The summed E-state index contributed by atoms with van der Waals surface area (Å²) in [7, 11) is 0. The molecule has 2 aliphatic rings. The molecule has 0 saturated carbocycles. The van der Waals surface area contributed by atoms with Crippen molar-refractivity contribution in [3.05, 3.63) is 69.8 Å². The highest BCUT2D eigenvalue weighted by Gasteiger charge is 2.42. The van der Waals surface area contributed by atoms with E-state index in [9.17, 15) is 9.59 Å². The van der Waals surface area contributed by atoms with Crippen molar-refractivity contribution in [3.63, 3.8) is 0 Å². The smallest absolute Gasteiger partial charge is 0.163 e. The molecular formula is C20H18O2. The SMILES string of the molecule is Cc1cccc2c1C1c3c(C)cccc3C(=O)CC1CC2=O. The number of fused-ring (bicyclic) bond motifs is 5. The van der Waals surface area contributed by atoms with E-state index in [-0.39, 0.29) is 23.4 Å². The van der Waals surface area contributed by atoms with E-state index in [1.165, 1.54) is 0 Å². The van der Waals surface area contributed by atoms with Gasteiger partial charge in [0.05, 0.1) is 0 Å². The predicted molar refractivity (Wildman–Crippen MR) is 85.6 cm³/mol. The van der Waals surface area contributed by atoms with Crippen LogP contribution in [0, 0.1) is 19.8 Å². The van der Waals surface area contributed by atoms with Crippen molar-refractivity contribution in [1.82, 2.24) is 0 Å². The third-order valence-corrected chi connectivity index (χ3v) is 5.24. The minimum absolute atomic E-state index is 0.113. The second-order valence-electron chi connectivity index (χ2n) is 6.56. The number of aryl methyl sites for hydroxylation is 2. The predicted octanol–water partition coefficient (Wildman–Crippen LogP) is 4.22. The minimum atomic E-state index is 0.113. The molecule has 0 heterocycles. The van der Waals surface area contributed by atoms with Crippen molar-refractivity contribution in [1.29, 1.82) is 0 Å². The molecular weight excluding hydrogens is 272 g/mol. The van der Waals surface area contributed by atoms with Gasteiger partial charge in [0, 0.05) is 29.9 Å². The van der Waals surface area contributed by atoms with Crippen molar-refractivity contribution in [2.24, 2.45) is 5.92 Å². The third-order valence-electron chi connectivity index (χ3n) is 5.24. The Morgan fingerprint density at radius 2 is 1.23 bits per heavy atom. The Labute approximate surface area is 130 Å². The van der Waals surface area contributed by atoms with Gasteiger partial charge in [-0.25, -0.2) is 0 Å². The fourth-order valence-electron chi connectivity index (χ4n) is 4.29. The zero-order chi connectivity index (χ0) is 15.4. The van der Waals surface area contributed by atoms with E-state index >= 15 is 0 Å². The van der Waals surface area contributed by atoms with E-state index in [4.69, 9.17) is 0 Å². The van der Waals surface area contributed by atoms with E-state index < -0.39 is 0 Å². The van der Waals surface area contributed by atoms with Gasteiger partial charge < -0.3 is 0 Å². The number of ketones is 2. The summed E-state index contributed by atoms with van der Waals surface area (Å²) in [5.41, 5.74) is 6.31. The summed E-state index contributed by atoms with van der Waals surface area (Å²) in [6.07, 6.45) is 0.973. The maximum atomic E-state index is 12.5. The molecule has 0 aliphatic heterocycles. The molecule has 0 unspecified atom stereocenters. The first-order valence-electron chi connectivity index (χ1n) is 7.83. The van der Waals surface area contributed by atoms with Gasteiger partial charge in [0.25, 0.3) is 0 Å². The summed E-state index contributed by atoms with van der Waals surface area (Å²) < 4.78 is 0. The normalized spacial score (nSPS) is 22.8. The van der Waals surface area contributed by atoms with Crippen LogP contribution >= 0.6 is 0 Å². The Kier molecular flexibility index (Phi) is 2.83. The fourth-order valence-corrected chi connectivity index (χ4v) is 4.29. The molecule has 0 saturated heterocycles. The molecule has 2 aromatic carbocycles. The van der Waals surface area contributed by atoms with Crippen molar-refractivity contribution in [3.8, 4) is 0 Å². The fraction of sp³-hybridized carbons (Fsp3) is 0.300. The Bertz CT molecular complexity index is 749. The standard InChI is InChI=1S/C20H18O2/c1-11-5-3-7-14-16(21)9-13-10-17(22)15-8-4-6-12(2)19(15)20(13)18(11)14/h3-8,13,20H,9-10H2,1-2H3. The van der Waals surface area contributed by atoms with Gasteiger partial charge in [-0.2, -0.15) is 0 Å². The summed E-state index contributed by atoms with van der Waals surface area (Å²) in [6, 6.07) is 11.9. The minimum Gasteiger partial charge on any atom is -0.294 e. The molecule has 0 bridgehead atoms. The molecule has 2 heteroatoms. The van der Waals surface area contributed by atoms with Crippen LogP contribution in [0.25, 0.3) is 0 Å². The molecule has 0 amide bonds. The van der Waals surface area contributed by atoms with Crippen molar-refractivity contribution in [2.45, 2.75) is 32.6 Å². The highest BCUT2D eigenvalue weighted by molar-refractivity contribution is 6.04. The topological polar surface area (TPSA) is 34.1 Å². The molecule has 0 radical (unpaired) electrons. The zero-order valence-corrected chi connectivity index (χ0v) is 12.8. The Morgan fingerprint density at radius 3 is 1.68 bits per heavy atom. The third kappa shape index (κ3) is 1.73. The highest BCUT2D eigenvalue weighted by atomic mass is 16.1. The monoisotopic (exact) mass is 290 g/mol. The Hall–Kier alpha value is -2.22. The number of rotatable bonds is 0. The highest BCUT2D eigenvalue weighted by Crippen LogP contribution is 2.49. The first-order chi connectivity index (χ1) is 10.6. The van der Waals surface area contributed by atoms with E-state index in [1.54, 1.807) is 0 Å². The van der Waals surface area contributed by atoms with Crippen LogP contribution in [0.4, 0.5) is 0 Å². The van der Waals surface area contributed by atoms with Crippen LogP contribution < -0.4 is 0 Å². The van der Waals surface area contributed by atoms with Gasteiger partial charge in [-0.3, -0.25) is 9.59 Å². The van der Waals surface area contributed by atoms with Gasteiger partial charge in [0.1, 0.15) is 0 Å². The zero-order valence-electron chi connectivity index (χ0n) is 12.8. The maximum absolute atomic E-state index is 12.5. The van der Waals surface area contributed by atoms with Gasteiger partial charge >= 0.3 is 0 Å². The average molecular weight is 290 g/mol. The summed E-state index contributed by atoms with van der Waals surface area (Å²) in [4.78, 5) is 25.0. The largest absolute Gasteiger partial charge is 0.294 e.